The van der Waals surface area contributed by atoms with E-state index in [-0.39, 0.29) is 11.6 Å². The molecule has 0 radical (unpaired) electrons. The van der Waals surface area contributed by atoms with Crippen molar-refractivity contribution in [2.75, 3.05) is 0 Å². The van der Waals surface area contributed by atoms with E-state index in [0.717, 1.165) is 5.56 Å². The molecule has 1 unspecified atom stereocenters. The van der Waals surface area contributed by atoms with E-state index in [1.54, 1.807) is 18.3 Å². The summed E-state index contributed by atoms with van der Waals surface area (Å²) in [6.07, 6.45) is 0. The summed E-state index contributed by atoms with van der Waals surface area (Å²) in [5.74, 6) is -1.02. The van der Waals surface area contributed by atoms with Crippen LogP contribution in [0.1, 0.15) is 24.1 Å². The maximum absolute atomic E-state index is 13.7. The normalized spacial score (nSPS) is 12.7. The molecule has 4 heteroatoms. The Bertz CT molecular complexity index is 746. The molecule has 3 aromatic rings. The standard InChI is InChI=1S/C17H15F2NS/c1-11(17-14(18)6-4-7-15(17)19)20-9-12-10-21-16-8-3-2-5-13(12)16/h2-8,10-11,20H,9H2,1H3. The molecule has 0 saturated heterocycles. The number of hydrogen-bond donors (Lipinski definition) is 1. The van der Waals surface area contributed by atoms with E-state index in [0.29, 0.717) is 6.54 Å². The Hall–Kier alpha value is -1.78. The van der Waals surface area contributed by atoms with Crippen LogP contribution in [0.2, 0.25) is 0 Å². The lowest BCUT2D eigenvalue weighted by molar-refractivity contribution is 0.488. The monoisotopic (exact) mass is 303 g/mol. The van der Waals surface area contributed by atoms with Crippen molar-refractivity contribution in [3.05, 3.63) is 70.6 Å². The average molecular weight is 303 g/mol. The summed E-state index contributed by atoms with van der Waals surface area (Å²) >= 11 is 1.68. The van der Waals surface area contributed by atoms with Crippen LogP contribution in [0.25, 0.3) is 10.1 Å². The van der Waals surface area contributed by atoms with Crippen molar-refractivity contribution in [1.82, 2.24) is 5.32 Å². The molecule has 108 valence electrons. The molecule has 0 fully saturated rings. The van der Waals surface area contributed by atoms with E-state index in [1.807, 2.05) is 12.1 Å². The molecule has 0 bridgehead atoms. The molecular weight excluding hydrogens is 288 g/mol. The van der Waals surface area contributed by atoms with Gasteiger partial charge in [-0.1, -0.05) is 24.3 Å². The van der Waals surface area contributed by atoms with Crippen LogP contribution in [0, 0.1) is 11.6 Å². The van der Waals surface area contributed by atoms with Crippen molar-refractivity contribution >= 4 is 21.4 Å². The first kappa shape index (κ1) is 14.2. The fraction of sp³-hybridized carbons (Fsp3) is 0.176. The Morgan fingerprint density at radius 3 is 2.52 bits per heavy atom. The van der Waals surface area contributed by atoms with Gasteiger partial charge < -0.3 is 5.32 Å². The molecule has 0 saturated carbocycles. The maximum atomic E-state index is 13.7. The number of nitrogens with one attached hydrogen (secondary N) is 1. The maximum Gasteiger partial charge on any atom is 0.130 e. The minimum Gasteiger partial charge on any atom is -0.306 e. The van der Waals surface area contributed by atoms with Crippen LogP contribution >= 0.6 is 11.3 Å². The van der Waals surface area contributed by atoms with Gasteiger partial charge in [-0.15, -0.1) is 11.3 Å². The number of fused-ring (bicyclic) bond motifs is 1. The predicted octanol–water partition coefficient (Wildman–Crippen LogP) is 5.03. The van der Waals surface area contributed by atoms with Gasteiger partial charge in [-0.25, -0.2) is 8.78 Å². The lowest BCUT2D eigenvalue weighted by Crippen LogP contribution is -2.20. The summed E-state index contributed by atoms with van der Waals surface area (Å²) < 4.78 is 28.7. The van der Waals surface area contributed by atoms with Crippen LogP contribution < -0.4 is 5.32 Å². The Kier molecular flexibility index (Phi) is 3.99. The highest BCUT2D eigenvalue weighted by molar-refractivity contribution is 7.17. The molecule has 1 aromatic heterocycles. The second kappa shape index (κ2) is 5.92. The molecular formula is C17H15F2NS. The molecule has 1 nitrogen and oxygen atoms in total. The first-order chi connectivity index (χ1) is 10.2. The van der Waals surface area contributed by atoms with Gasteiger partial charge >= 0.3 is 0 Å². The zero-order valence-corrected chi connectivity index (χ0v) is 12.4. The van der Waals surface area contributed by atoms with Gasteiger partial charge in [-0.3, -0.25) is 0 Å². The molecule has 21 heavy (non-hydrogen) atoms. The highest BCUT2D eigenvalue weighted by atomic mass is 32.1. The van der Waals surface area contributed by atoms with Gasteiger partial charge in [-0.05, 0) is 41.5 Å². The third-order valence-electron chi connectivity index (χ3n) is 3.59. The van der Waals surface area contributed by atoms with Gasteiger partial charge in [0.15, 0.2) is 0 Å². The third kappa shape index (κ3) is 2.82. The highest BCUT2D eigenvalue weighted by Gasteiger charge is 2.15. The number of benzene rings is 2. The number of hydrogen-bond acceptors (Lipinski definition) is 2. The predicted molar refractivity (Wildman–Crippen MR) is 83.4 cm³/mol. The van der Waals surface area contributed by atoms with Crippen LogP contribution in [-0.4, -0.2) is 0 Å². The second-order valence-corrected chi connectivity index (χ2v) is 5.91. The number of thiophene rings is 1. The zero-order valence-electron chi connectivity index (χ0n) is 11.6. The van der Waals surface area contributed by atoms with E-state index in [4.69, 9.17) is 0 Å². The summed E-state index contributed by atoms with van der Waals surface area (Å²) in [4.78, 5) is 0. The van der Waals surface area contributed by atoms with Crippen LogP contribution in [0.15, 0.2) is 47.8 Å². The van der Waals surface area contributed by atoms with E-state index >= 15 is 0 Å². The van der Waals surface area contributed by atoms with Crippen LogP contribution in [0.3, 0.4) is 0 Å². The zero-order chi connectivity index (χ0) is 14.8. The first-order valence-corrected chi connectivity index (χ1v) is 7.67. The fourth-order valence-electron chi connectivity index (χ4n) is 2.46. The van der Waals surface area contributed by atoms with E-state index < -0.39 is 11.6 Å². The molecule has 0 aliphatic carbocycles. The topological polar surface area (TPSA) is 12.0 Å². The summed E-state index contributed by atoms with van der Waals surface area (Å²) in [5, 5.41) is 6.48. The highest BCUT2D eigenvalue weighted by Crippen LogP contribution is 2.26. The van der Waals surface area contributed by atoms with Crippen LogP contribution in [0.5, 0.6) is 0 Å². The molecule has 1 N–H and O–H groups in total. The van der Waals surface area contributed by atoms with E-state index in [1.165, 1.54) is 28.3 Å². The molecule has 1 atom stereocenters. The summed E-state index contributed by atoms with van der Waals surface area (Å²) in [5.41, 5.74) is 1.25. The van der Waals surface area contributed by atoms with E-state index in [2.05, 4.69) is 22.8 Å². The van der Waals surface area contributed by atoms with Crippen molar-refractivity contribution in [2.45, 2.75) is 19.5 Å². The van der Waals surface area contributed by atoms with Crippen molar-refractivity contribution in [3.8, 4) is 0 Å². The van der Waals surface area contributed by atoms with Crippen LogP contribution in [-0.2, 0) is 6.54 Å². The average Bonchev–Trinajstić information content (AvgIpc) is 2.88. The Morgan fingerprint density at radius 2 is 1.76 bits per heavy atom. The second-order valence-electron chi connectivity index (χ2n) is 5.00. The molecule has 3 rings (SSSR count). The fourth-order valence-corrected chi connectivity index (χ4v) is 3.42. The Labute approximate surface area is 126 Å². The Morgan fingerprint density at radius 1 is 1.05 bits per heavy atom. The molecule has 0 amide bonds. The quantitative estimate of drug-likeness (QED) is 0.713. The number of rotatable bonds is 4. The van der Waals surface area contributed by atoms with Gasteiger partial charge in [0.25, 0.3) is 0 Å². The number of halogens is 2. The molecule has 1 heterocycles. The summed E-state index contributed by atoms with van der Waals surface area (Å²) in [6, 6.07) is 11.7. The molecule has 2 aromatic carbocycles. The van der Waals surface area contributed by atoms with Gasteiger partial charge in [0, 0.05) is 22.8 Å². The van der Waals surface area contributed by atoms with Crippen molar-refractivity contribution in [2.24, 2.45) is 0 Å². The lowest BCUT2D eigenvalue weighted by Gasteiger charge is -2.15. The van der Waals surface area contributed by atoms with Crippen molar-refractivity contribution in [1.29, 1.82) is 0 Å². The molecule has 0 aliphatic heterocycles. The SMILES string of the molecule is CC(NCc1csc2ccccc12)c1c(F)cccc1F. The van der Waals surface area contributed by atoms with E-state index in [9.17, 15) is 8.78 Å². The first-order valence-electron chi connectivity index (χ1n) is 6.79. The molecule has 0 aliphatic rings. The van der Waals surface area contributed by atoms with Gasteiger partial charge in [0.2, 0.25) is 0 Å². The van der Waals surface area contributed by atoms with Crippen LogP contribution in [0.4, 0.5) is 8.78 Å². The van der Waals surface area contributed by atoms with Gasteiger partial charge in [0.1, 0.15) is 11.6 Å². The smallest absolute Gasteiger partial charge is 0.130 e. The largest absolute Gasteiger partial charge is 0.306 e. The third-order valence-corrected chi connectivity index (χ3v) is 4.60. The molecule has 0 spiro atoms. The minimum absolute atomic E-state index is 0.0945. The Balaban J connectivity index is 1.78. The van der Waals surface area contributed by atoms with Crippen molar-refractivity contribution < 1.29 is 8.78 Å². The lowest BCUT2D eigenvalue weighted by atomic mass is 10.1. The van der Waals surface area contributed by atoms with Crippen molar-refractivity contribution in [3.63, 3.8) is 0 Å². The van der Waals surface area contributed by atoms with Gasteiger partial charge in [0.05, 0.1) is 0 Å². The summed E-state index contributed by atoms with van der Waals surface area (Å²) in [6.45, 7) is 2.36. The van der Waals surface area contributed by atoms with Gasteiger partial charge in [-0.2, -0.15) is 0 Å². The summed E-state index contributed by atoms with van der Waals surface area (Å²) in [7, 11) is 0. The minimum atomic E-state index is -0.509.